The molecule has 0 aromatic heterocycles. The third-order valence-corrected chi connectivity index (χ3v) is 5.34. The second-order valence-electron chi connectivity index (χ2n) is 6.33. The van der Waals surface area contributed by atoms with E-state index in [1.54, 1.807) is 30.3 Å². The summed E-state index contributed by atoms with van der Waals surface area (Å²) in [7, 11) is 0. The zero-order valence-electron chi connectivity index (χ0n) is 13.0. The lowest BCUT2D eigenvalue weighted by atomic mass is 9.86. The number of rotatable bonds is 1. The van der Waals surface area contributed by atoms with E-state index in [9.17, 15) is 18.3 Å². The Labute approximate surface area is 148 Å². The van der Waals surface area contributed by atoms with E-state index in [1.807, 2.05) is 12.2 Å². The maximum atomic E-state index is 13.9. The van der Waals surface area contributed by atoms with Crippen LogP contribution < -0.4 is 0 Å². The molecule has 128 valence electrons. The van der Waals surface area contributed by atoms with Gasteiger partial charge in [-0.25, -0.2) is 0 Å². The van der Waals surface area contributed by atoms with Gasteiger partial charge in [0.2, 0.25) is 5.60 Å². The van der Waals surface area contributed by atoms with Gasteiger partial charge in [0.15, 0.2) is 0 Å². The summed E-state index contributed by atoms with van der Waals surface area (Å²) in [6.07, 6.45) is 1.29. The van der Waals surface area contributed by atoms with Crippen molar-refractivity contribution < 1.29 is 18.3 Å². The van der Waals surface area contributed by atoms with Crippen molar-refractivity contribution in [3.8, 4) is 11.1 Å². The normalized spacial score (nSPS) is 24.7. The van der Waals surface area contributed by atoms with Crippen molar-refractivity contribution in [2.24, 2.45) is 0 Å². The lowest BCUT2D eigenvalue weighted by Crippen LogP contribution is -2.41. The van der Waals surface area contributed by atoms with Crippen molar-refractivity contribution in [3.63, 3.8) is 0 Å². The molecule has 2 aromatic carbocycles. The van der Waals surface area contributed by atoms with Gasteiger partial charge in [-0.3, -0.25) is 0 Å². The summed E-state index contributed by atoms with van der Waals surface area (Å²) in [5, 5.41) is 11.3. The first-order valence-corrected chi connectivity index (χ1v) is 8.27. The van der Waals surface area contributed by atoms with Crippen LogP contribution in [-0.4, -0.2) is 11.3 Å². The minimum Gasteiger partial charge on any atom is -0.372 e. The van der Waals surface area contributed by atoms with E-state index in [1.165, 1.54) is 18.2 Å². The molecule has 0 amide bonds. The second kappa shape index (κ2) is 5.48. The van der Waals surface area contributed by atoms with Gasteiger partial charge in [0.1, 0.15) is 0 Å². The van der Waals surface area contributed by atoms with Crippen LogP contribution in [0.2, 0.25) is 0 Å². The van der Waals surface area contributed by atoms with Crippen LogP contribution in [0.5, 0.6) is 0 Å². The average Bonchev–Trinajstić information content (AvgIpc) is 2.85. The minimum absolute atomic E-state index is 0.125. The van der Waals surface area contributed by atoms with Crippen molar-refractivity contribution in [2.45, 2.75) is 24.1 Å². The first-order valence-electron chi connectivity index (χ1n) is 7.89. The summed E-state index contributed by atoms with van der Waals surface area (Å²) in [4.78, 5) is 0. The predicted octanol–water partition coefficient (Wildman–Crippen LogP) is 5.63. The van der Waals surface area contributed by atoms with E-state index in [0.29, 0.717) is 28.1 Å². The average molecular weight is 363 g/mol. The Morgan fingerprint density at radius 2 is 1.76 bits per heavy atom. The predicted molar refractivity (Wildman–Crippen MR) is 91.4 cm³/mol. The second-order valence-corrected chi connectivity index (χ2v) is 6.76. The van der Waals surface area contributed by atoms with Gasteiger partial charge in [-0.1, -0.05) is 66.2 Å². The lowest BCUT2D eigenvalue weighted by molar-refractivity contribution is -0.246. The molecule has 0 bridgehead atoms. The van der Waals surface area contributed by atoms with Crippen LogP contribution >= 0.6 is 11.6 Å². The van der Waals surface area contributed by atoms with Gasteiger partial charge < -0.3 is 5.11 Å². The monoisotopic (exact) mass is 362 g/mol. The SMILES string of the molecule is OC1(C(F)(F)F)c2ccccc2-c2ccc(C3CC=CC=C3Cl)cc21. The van der Waals surface area contributed by atoms with E-state index in [4.69, 9.17) is 11.6 Å². The molecule has 2 atom stereocenters. The smallest absolute Gasteiger partial charge is 0.372 e. The fraction of sp³-hybridized carbons (Fsp3) is 0.200. The number of allylic oxidation sites excluding steroid dienone is 4. The molecule has 25 heavy (non-hydrogen) atoms. The third kappa shape index (κ3) is 2.28. The molecule has 1 nitrogen and oxygen atoms in total. The van der Waals surface area contributed by atoms with Gasteiger partial charge in [0, 0.05) is 22.1 Å². The van der Waals surface area contributed by atoms with E-state index in [0.717, 1.165) is 0 Å². The van der Waals surface area contributed by atoms with Crippen molar-refractivity contribution in [1.82, 2.24) is 0 Å². The Balaban J connectivity index is 1.93. The van der Waals surface area contributed by atoms with Gasteiger partial charge in [-0.05, 0) is 29.2 Å². The highest BCUT2D eigenvalue weighted by Gasteiger charge is 2.60. The molecule has 2 aliphatic rings. The summed E-state index contributed by atoms with van der Waals surface area (Å²) in [5.74, 6) is -0.196. The van der Waals surface area contributed by atoms with Crippen molar-refractivity contribution in [2.75, 3.05) is 0 Å². The maximum absolute atomic E-state index is 13.9. The zero-order chi connectivity index (χ0) is 17.8. The number of hydrogen-bond donors (Lipinski definition) is 1. The molecule has 2 aromatic rings. The summed E-state index contributed by atoms with van der Waals surface area (Å²) in [6.45, 7) is 0. The number of fused-ring (bicyclic) bond motifs is 3. The molecule has 0 spiro atoms. The molecule has 0 aliphatic heterocycles. The molecule has 0 saturated heterocycles. The molecule has 4 rings (SSSR count). The summed E-state index contributed by atoms with van der Waals surface area (Å²) >= 11 is 6.24. The van der Waals surface area contributed by atoms with Gasteiger partial charge >= 0.3 is 6.18 Å². The lowest BCUT2D eigenvalue weighted by Gasteiger charge is -2.29. The Bertz CT molecular complexity index is 913. The van der Waals surface area contributed by atoms with Crippen LogP contribution in [0.25, 0.3) is 11.1 Å². The van der Waals surface area contributed by atoms with Crippen LogP contribution in [-0.2, 0) is 5.60 Å². The Morgan fingerprint density at radius 1 is 1.04 bits per heavy atom. The van der Waals surface area contributed by atoms with E-state index in [2.05, 4.69) is 0 Å². The van der Waals surface area contributed by atoms with Crippen molar-refractivity contribution in [3.05, 3.63) is 82.4 Å². The number of aliphatic hydroxyl groups is 1. The number of benzene rings is 2. The Kier molecular flexibility index (Phi) is 3.60. The van der Waals surface area contributed by atoms with Crippen molar-refractivity contribution in [1.29, 1.82) is 0 Å². The summed E-state index contributed by atoms with van der Waals surface area (Å²) < 4.78 is 41.6. The first-order chi connectivity index (χ1) is 11.8. The summed E-state index contributed by atoms with van der Waals surface area (Å²) in [6, 6.07) is 11.0. The van der Waals surface area contributed by atoms with Gasteiger partial charge in [0.25, 0.3) is 0 Å². The molecule has 0 heterocycles. The Morgan fingerprint density at radius 3 is 2.48 bits per heavy atom. The van der Waals surface area contributed by atoms with Crippen LogP contribution in [0.1, 0.15) is 29.0 Å². The maximum Gasteiger partial charge on any atom is 0.425 e. The molecule has 2 unspecified atom stereocenters. The number of halogens is 4. The fourth-order valence-corrected chi connectivity index (χ4v) is 3.98. The van der Waals surface area contributed by atoms with Crippen LogP contribution in [0.4, 0.5) is 13.2 Å². The molecule has 2 aliphatic carbocycles. The van der Waals surface area contributed by atoms with E-state index in [-0.39, 0.29) is 17.0 Å². The third-order valence-electron chi connectivity index (χ3n) is 4.95. The highest BCUT2D eigenvalue weighted by molar-refractivity contribution is 6.30. The first kappa shape index (κ1) is 16.4. The van der Waals surface area contributed by atoms with Gasteiger partial charge in [-0.15, -0.1) is 0 Å². The van der Waals surface area contributed by atoms with E-state index < -0.39 is 11.8 Å². The van der Waals surface area contributed by atoms with Gasteiger partial charge in [0.05, 0.1) is 0 Å². The van der Waals surface area contributed by atoms with Crippen molar-refractivity contribution >= 4 is 11.6 Å². The topological polar surface area (TPSA) is 20.2 Å². The van der Waals surface area contributed by atoms with E-state index >= 15 is 0 Å². The van der Waals surface area contributed by atoms with Gasteiger partial charge in [-0.2, -0.15) is 13.2 Å². The highest BCUT2D eigenvalue weighted by atomic mass is 35.5. The Hall–Kier alpha value is -2.04. The molecule has 0 saturated carbocycles. The number of hydrogen-bond acceptors (Lipinski definition) is 1. The van der Waals surface area contributed by atoms with Crippen LogP contribution in [0, 0.1) is 0 Å². The van der Waals surface area contributed by atoms with Crippen LogP contribution in [0.15, 0.2) is 65.7 Å². The summed E-state index contributed by atoms with van der Waals surface area (Å²) in [5.41, 5.74) is -1.77. The quantitative estimate of drug-likeness (QED) is 0.697. The molecular weight excluding hydrogens is 349 g/mol. The molecule has 0 fully saturated rings. The molecule has 1 N–H and O–H groups in total. The molecule has 5 heteroatoms. The zero-order valence-corrected chi connectivity index (χ0v) is 13.8. The molecule has 0 radical (unpaired) electrons. The largest absolute Gasteiger partial charge is 0.425 e. The number of alkyl halides is 3. The highest BCUT2D eigenvalue weighted by Crippen LogP contribution is 2.55. The molecular formula is C20H14ClF3O. The fourth-order valence-electron chi connectivity index (χ4n) is 3.70. The van der Waals surface area contributed by atoms with Crippen LogP contribution in [0.3, 0.4) is 0 Å². The minimum atomic E-state index is -4.82. The standard InChI is InChI=1S/C20H14ClF3O/c21-18-8-4-2-5-13(18)12-9-10-15-14-6-1-3-7-16(14)19(25,17(15)11-12)20(22,23)24/h1-4,6-11,13,25H,5H2.